The van der Waals surface area contributed by atoms with Gasteiger partial charge in [0.1, 0.15) is 0 Å². The number of aliphatic hydroxyl groups is 1. The molecule has 1 aromatic carbocycles. The maximum Gasteiger partial charge on any atom is 0.394 e. The molecule has 0 unspecified atom stereocenters. The molecule has 0 fully saturated rings. The summed E-state index contributed by atoms with van der Waals surface area (Å²) >= 11 is 0. The van der Waals surface area contributed by atoms with Crippen molar-refractivity contribution in [3.05, 3.63) is 30.3 Å². The molecule has 0 saturated heterocycles. The van der Waals surface area contributed by atoms with E-state index in [4.69, 9.17) is 22.6 Å². The maximum atomic E-state index is 11.1. The van der Waals surface area contributed by atoms with Crippen LogP contribution >= 0.6 is 0 Å². The van der Waals surface area contributed by atoms with Crippen LogP contribution in [0.25, 0.3) is 0 Å². The highest BCUT2D eigenvalue weighted by molar-refractivity contribution is 7.92. The predicted molar refractivity (Wildman–Crippen MR) is 65.1 cm³/mol. The largest absolute Gasteiger partial charge is 0.395 e. The Hall–Kier alpha value is -1.20. The van der Waals surface area contributed by atoms with E-state index in [2.05, 4.69) is 4.72 Å². The van der Waals surface area contributed by atoms with Crippen LogP contribution in [0.3, 0.4) is 0 Å². The number of hydrogen-bond donors (Lipinski definition) is 4. The fraction of sp³-hybridized carbons (Fsp3) is 0.250. The van der Waals surface area contributed by atoms with Crippen molar-refractivity contribution in [2.24, 2.45) is 0 Å². The van der Waals surface area contributed by atoms with Crippen molar-refractivity contribution < 1.29 is 31.0 Å². The van der Waals surface area contributed by atoms with Gasteiger partial charge in [0, 0.05) is 5.69 Å². The molecule has 0 aromatic heterocycles. The SMILES string of the molecule is O=S(=O)(CCO)Nc1ccccc1.O=S(=O)(O)O. The standard InChI is InChI=1S/C8H11NO3S.H2O4S/c10-6-7-13(11,12)9-8-4-2-1-3-5-8;1-5(2,3)4/h1-5,9-10H,6-7H2;(H2,1,2,3,4). The summed E-state index contributed by atoms with van der Waals surface area (Å²) in [5.41, 5.74) is 0.510. The highest BCUT2D eigenvalue weighted by Gasteiger charge is 2.07. The number of benzene rings is 1. The maximum absolute atomic E-state index is 11.1. The first-order chi connectivity index (χ1) is 8.14. The normalized spacial score (nSPS) is 11.3. The summed E-state index contributed by atoms with van der Waals surface area (Å²) in [5.74, 6) is -0.276. The molecule has 18 heavy (non-hydrogen) atoms. The van der Waals surface area contributed by atoms with Crippen molar-refractivity contribution in [2.75, 3.05) is 17.1 Å². The Balaban J connectivity index is 0.000000494. The Labute approximate surface area is 105 Å². The molecule has 0 bridgehead atoms. The molecule has 0 aliphatic heterocycles. The van der Waals surface area contributed by atoms with E-state index in [9.17, 15) is 8.42 Å². The number of rotatable bonds is 4. The molecule has 10 heteroatoms. The van der Waals surface area contributed by atoms with Gasteiger partial charge in [0.05, 0.1) is 12.4 Å². The van der Waals surface area contributed by atoms with Crippen LogP contribution in [0.2, 0.25) is 0 Å². The van der Waals surface area contributed by atoms with E-state index in [1.54, 1.807) is 30.3 Å². The van der Waals surface area contributed by atoms with Crippen LogP contribution in [-0.2, 0) is 20.4 Å². The fourth-order valence-electron chi connectivity index (χ4n) is 0.857. The first-order valence-corrected chi connectivity index (χ1v) is 7.55. The number of para-hydroxylation sites is 1. The molecule has 8 nitrogen and oxygen atoms in total. The Morgan fingerprint density at radius 3 is 1.83 bits per heavy atom. The van der Waals surface area contributed by atoms with Gasteiger partial charge in [-0.25, -0.2) is 8.42 Å². The highest BCUT2D eigenvalue weighted by atomic mass is 32.3. The second-order valence-corrected chi connectivity index (χ2v) is 5.70. The number of anilines is 1. The summed E-state index contributed by atoms with van der Waals surface area (Å²) in [4.78, 5) is 0. The number of aliphatic hydroxyl groups excluding tert-OH is 1. The summed E-state index contributed by atoms with van der Waals surface area (Å²) in [5, 5.41) is 8.46. The smallest absolute Gasteiger partial charge is 0.394 e. The van der Waals surface area contributed by atoms with Crippen molar-refractivity contribution in [1.82, 2.24) is 0 Å². The van der Waals surface area contributed by atoms with Gasteiger partial charge in [-0.05, 0) is 12.1 Å². The second kappa shape index (κ2) is 7.28. The number of sulfonamides is 1. The van der Waals surface area contributed by atoms with Crippen LogP contribution in [0.5, 0.6) is 0 Å². The summed E-state index contributed by atoms with van der Waals surface area (Å²) in [6.45, 7) is -0.373. The van der Waals surface area contributed by atoms with E-state index in [0.29, 0.717) is 5.69 Å². The molecule has 0 saturated carbocycles. The molecule has 0 amide bonds. The van der Waals surface area contributed by atoms with Crippen LogP contribution in [0.1, 0.15) is 0 Å². The lowest BCUT2D eigenvalue weighted by Crippen LogP contribution is -2.18. The second-order valence-electron chi connectivity index (χ2n) is 2.96. The van der Waals surface area contributed by atoms with Gasteiger partial charge in [-0.2, -0.15) is 8.42 Å². The molecule has 1 aromatic rings. The summed E-state index contributed by atoms with van der Waals surface area (Å²) in [6.07, 6.45) is 0. The van der Waals surface area contributed by atoms with Gasteiger partial charge in [-0.15, -0.1) is 0 Å². The minimum absolute atomic E-state index is 0.276. The van der Waals surface area contributed by atoms with Crippen molar-refractivity contribution in [3.63, 3.8) is 0 Å². The Bertz CT molecular complexity index is 530. The number of nitrogens with one attached hydrogen (secondary N) is 1. The lowest BCUT2D eigenvalue weighted by molar-refractivity contribution is 0.320. The monoisotopic (exact) mass is 299 g/mol. The summed E-state index contributed by atoms with van der Waals surface area (Å²) < 4.78 is 56.2. The molecule has 0 radical (unpaired) electrons. The Morgan fingerprint density at radius 1 is 1.00 bits per heavy atom. The molecule has 0 spiro atoms. The van der Waals surface area contributed by atoms with Gasteiger partial charge < -0.3 is 5.11 Å². The molecule has 0 heterocycles. The molecule has 4 N–H and O–H groups in total. The molecule has 0 aliphatic rings. The first kappa shape index (κ1) is 16.8. The molecule has 1 rings (SSSR count). The predicted octanol–water partition coefficient (Wildman–Crippen LogP) is -0.232. The molecule has 0 aliphatic carbocycles. The van der Waals surface area contributed by atoms with E-state index in [1.807, 2.05) is 0 Å². The van der Waals surface area contributed by atoms with E-state index in [1.165, 1.54) is 0 Å². The molecule has 104 valence electrons. The number of hydrogen-bond acceptors (Lipinski definition) is 5. The van der Waals surface area contributed by atoms with Gasteiger partial charge in [0.15, 0.2) is 0 Å². The highest BCUT2D eigenvalue weighted by Crippen LogP contribution is 2.07. The molecular weight excluding hydrogens is 286 g/mol. The summed E-state index contributed by atoms with van der Waals surface area (Å²) in [7, 11) is -8.05. The zero-order valence-electron chi connectivity index (χ0n) is 9.09. The van der Waals surface area contributed by atoms with Crippen LogP contribution in [0, 0.1) is 0 Å². The van der Waals surface area contributed by atoms with E-state index >= 15 is 0 Å². The average Bonchev–Trinajstić information content (AvgIpc) is 2.15. The van der Waals surface area contributed by atoms with E-state index in [-0.39, 0.29) is 12.4 Å². The van der Waals surface area contributed by atoms with Gasteiger partial charge in [-0.1, -0.05) is 18.2 Å². The Morgan fingerprint density at radius 2 is 1.44 bits per heavy atom. The van der Waals surface area contributed by atoms with E-state index in [0.717, 1.165) is 0 Å². The summed E-state index contributed by atoms with van der Waals surface area (Å²) in [6, 6.07) is 8.56. The van der Waals surface area contributed by atoms with Crippen molar-refractivity contribution in [2.45, 2.75) is 0 Å². The van der Waals surface area contributed by atoms with Gasteiger partial charge in [0.25, 0.3) is 0 Å². The fourth-order valence-corrected chi connectivity index (χ4v) is 1.69. The van der Waals surface area contributed by atoms with Crippen LogP contribution in [0.15, 0.2) is 30.3 Å². The van der Waals surface area contributed by atoms with Crippen LogP contribution < -0.4 is 4.72 Å². The average molecular weight is 299 g/mol. The third kappa shape index (κ3) is 11.3. The minimum atomic E-state index is -4.67. The lowest BCUT2D eigenvalue weighted by Gasteiger charge is -2.05. The van der Waals surface area contributed by atoms with Gasteiger partial charge >= 0.3 is 10.4 Å². The van der Waals surface area contributed by atoms with E-state index < -0.39 is 20.4 Å². The van der Waals surface area contributed by atoms with Gasteiger partial charge in [-0.3, -0.25) is 13.8 Å². The van der Waals surface area contributed by atoms with Crippen LogP contribution in [0.4, 0.5) is 5.69 Å². The lowest BCUT2D eigenvalue weighted by atomic mass is 10.3. The van der Waals surface area contributed by atoms with Crippen molar-refractivity contribution >= 4 is 26.1 Å². The first-order valence-electron chi connectivity index (χ1n) is 4.50. The van der Waals surface area contributed by atoms with Gasteiger partial charge in [0.2, 0.25) is 10.0 Å². The van der Waals surface area contributed by atoms with Crippen molar-refractivity contribution in [3.8, 4) is 0 Å². The van der Waals surface area contributed by atoms with Crippen molar-refractivity contribution in [1.29, 1.82) is 0 Å². The topological polar surface area (TPSA) is 141 Å². The third-order valence-electron chi connectivity index (χ3n) is 1.41. The zero-order valence-corrected chi connectivity index (χ0v) is 10.7. The zero-order chi connectivity index (χ0) is 14.2. The Kier molecular flexibility index (Phi) is 6.80. The third-order valence-corrected chi connectivity index (χ3v) is 2.67. The quantitative estimate of drug-likeness (QED) is 0.562. The molecular formula is C8H13NO7S2. The molecule has 0 atom stereocenters. The minimum Gasteiger partial charge on any atom is -0.395 e. The van der Waals surface area contributed by atoms with Crippen LogP contribution in [-0.4, -0.2) is 43.4 Å².